The van der Waals surface area contributed by atoms with Crippen LogP contribution < -0.4 is 10.1 Å². The van der Waals surface area contributed by atoms with Crippen molar-refractivity contribution in [1.82, 2.24) is 24.6 Å². The third-order valence-corrected chi connectivity index (χ3v) is 5.07. The van der Waals surface area contributed by atoms with Crippen LogP contribution in [0.5, 0.6) is 5.88 Å². The molecule has 1 aromatic carbocycles. The van der Waals surface area contributed by atoms with E-state index in [2.05, 4.69) is 20.4 Å². The van der Waals surface area contributed by atoms with Crippen LogP contribution in [0.1, 0.15) is 12.8 Å². The summed E-state index contributed by atoms with van der Waals surface area (Å²) in [5.74, 6) is 0.470. The zero-order chi connectivity index (χ0) is 20.9. The number of nitrogens with zero attached hydrogens (tertiary/aromatic N) is 5. The van der Waals surface area contributed by atoms with Crippen molar-refractivity contribution in [3.05, 3.63) is 36.8 Å². The van der Waals surface area contributed by atoms with E-state index in [0.717, 1.165) is 23.3 Å². The van der Waals surface area contributed by atoms with E-state index in [-0.39, 0.29) is 6.10 Å². The van der Waals surface area contributed by atoms with Gasteiger partial charge in [-0.05, 0) is 24.3 Å². The topological polar surface area (TPSA) is 115 Å². The van der Waals surface area contributed by atoms with Gasteiger partial charge in [0.1, 0.15) is 17.8 Å². The van der Waals surface area contributed by atoms with Gasteiger partial charge in [0.2, 0.25) is 5.88 Å². The summed E-state index contributed by atoms with van der Waals surface area (Å²) < 4.78 is 12.9. The molecule has 4 rings (SSSR count). The molecule has 1 saturated heterocycles. The summed E-state index contributed by atoms with van der Waals surface area (Å²) in [6.45, 7) is 2.29. The fourth-order valence-electron chi connectivity index (χ4n) is 3.45. The molecule has 1 aliphatic rings. The lowest BCUT2D eigenvalue weighted by molar-refractivity contribution is 0.0879. The Morgan fingerprint density at radius 2 is 2.00 bits per heavy atom. The second-order valence-electron chi connectivity index (χ2n) is 7.03. The molecular formula is C20H24N6O4. The molecule has 10 nitrogen and oxygen atoms in total. The summed E-state index contributed by atoms with van der Waals surface area (Å²) in [4.78, 5) is 21.1. The first-order chi connectivity index (χ1) is 14.7. The Bertz CT molecular complexity index is 998. The predicted octanol–water partition coefficient (Wildman–Crippen LogP) is 2.40. The van der Waals surface area contributed by atoms with E-state index in [1.54, 1.807) is 18.0 Å². The number of benzene rings is 1. The molecule has 3 heterocycles. The highest BCUT2D eigenvalue weighted by molar-refractivity contribution is 5.81. The van der Waals surface area contributed by atoms with Gasteiger partial charge < -0.3 is 24.8 Å². The van der Waals surface area contributed by atoms with E-state index in [0.29, 0.717) is 44.1 Å². The van der Waals surface area contributed by atoms with Crippen LogP contribution in [0.25, 0.3) is 16.7 Å². The maximum Gasteiger partial charge on any atom is 0.407 e. The molecule has 0 bridgehead atoms. The Balaban J connectivity index is 1.49. The Kier molecular flexibility index (Phi) is 5.94. The van der Waals surface area contributed by atoms with Crippen molar-refractivity contribution >= 4 is 22.8 Å². The minimum atomic E-state index is -0.890. The zero-order valence-corrected chi connectivity index (χ0v) is 16.7. The second-order valence-corrected chi connectivity index (χ2v) is 7.03. The molecule has 2 N–H and O–H groups in total. The van der Waals surface area contributed by atoms with E-state index < -0.39 is 6.09 Å². The highest BCUT2D eigenvalue weighted by atomic mass is 16.5. The lowest BCUT2D eigenvalue weighted by Crippen LogP contribution is -2.41. The number of ether oxygens (including phenoxy) is 2. The first kappa shape index (κ1) is 19.9. The van der Waals surface area contributed by atoms with Crippen molar-refractivity contribution in [2.75, 3.05) is 38.7 Å². The number of rotatable bonds is 7. The van der Waals surface area contributed by atoms with Gasteiger partial charge in [-0.3, -0.25) is 0 Å². The Labute approximate surface area is 173 Å². The van der Waals surface area contributed by atoms with E-state index >= 15 is 0 Å². The maximum absolute atomic E-state index is 11.1. The number of likely N-dealkylation sites (tertiary alicyclic amines) is 1. The SMILES string of the molecule is COCCNc1ccc(-n2ncc3c(OC4CCN(C(=O)O)CC4)ncnc32)cc1. The molecular weight excluding hydrogens is 388 g/mol. The third-order valence-electron chi connectivity index (χ3n) is 5.07. The normalized spacial score (nSPS) is 14.8. The summed E-state index contributed by atoms with van der Waals surface area (Å²) in [6.07, 6.45) is 3.44. The van der Waals surface area contributed by atoms with Crippen LogP contribution in [0.4, 0.5) is 10.5 Å². The molecule has 0 radical (unpaired) electrons. The van der Waals surface area contributed by atoms with Crippen LogP contribution in [-0.2, 0) is 4.74 Å². The van der Waals surface area contributed by atoms with Crippen molar-refractivity contribution in [2.45, 2.75) is 18.9 Å². The Morgan fingerprint density at radius 1 is 1.23 bits per heavy atom. The maximum atomic E-state index is 11.1. The van der Waals surface area contributed by atoms with E-state index in [9.17, 15) is 4.79 Å². The average Bonchev–Trinajstić information content (AvgIpc) is 3.20. The van der Waals surface area contributed by atoms with Gasteiger partial charge in [-0.1, -0.05) is 0 Å². The smallest absolute Gasteiger partial charge is 0.407 e. The zero-order valence-electron chi connectivity index (χ0n) is 16.7. The summed E-state index contributed by atoms with van der Waals surface area (Å²) in [6, 6.07) is 7.89. The molecule has 1 amide bonds. The monoisotopic (exact) mass is 412 g/mol. The minimum absolute atomic E-state index is 0.0838. The van der Waals surface area contributed by atoms with Gasteiger partial charge in [0.15, 0.2) is 5.65 Å². The number of carbonyl (C=O) groups is 1. The number of hydrogen-bond donors (Lipinski definition) is 2. The molecule has 3 aromatic rings. The van der Waals surface area contributed by atoms with Crippen LogP contribution in [-0.4, -0.2) is 75.3 Å². The summed E-state index contributed by atoms with van der Waals surface area (Å²) >= 11 is 0. The fourth-order valence-corrected chi connectivity index (χ4v) is 3.45. The first-order valence-corrected chi connectivity index (χ1v) is 9.82. The van der Waals surface area contributed by atoms with Crippen LogP contribution in [0.3, 0.4) is 0 Å². The molecule has 0 aliphatic carbocycles. The number of methoxy groups -OCH3 is 1. The highest BCUT2D eigenvalue weighted by Gasteiger charge is 2.24. The fraction of sp³-hybridized carbons (Fsp3) is 0.400. The molecule has 2 aromatic heterocycles. The molecule has 0 atom stereocenters. The number of piperidine rings is 1. The molecule has 0 spiro atoms. The minimum Gasteiger partial charge on any atom is -0.474 e. The summed E-state index contributed by atoms with van der Waals surface area (Å²) in [5.41, 5.74) is 2.53. The van der Waals surface area contributed by atoms with Gasteiger partial charge in [0.05, 0.1) is 18.5 Å². The molecule has 30 heavy (non-hydrogen) atoms. The van der Waals surface area contributed by atoms with E-state index in [1.165, 1.54) is 11.2 Å². The third kappa shape index (κ3) is 4.28. The van der Waals surface area contributed by atoms with E-state index in [4.69, 9.17) is 14.6 Å². The molecule has 0 saturated carbocycles. The number of amides is 1. The van der Waals surface area contributed by atoms with Crippen LogP contribution in [0.15, 0.2) is 36.8 Å². The molecule has 0 unspecified atom stereocenters. The van der Waals surface area contributed by atoms with Gasteiger partial charge in [-0.25, -0.2) is 19.4 Å². The summed E-state index contributed by atoms with van der Waals surface area (Å²) in [5, 5.41) is 17.6. The Hall–Kier alpha value is -3.40. The van der Waals surface area contributed by atoms with Crippen molar-refractivity contribution in [3.8, 4) is 11.6 Å². The number of fused-ring (bicyclic) bond motifs is 1. The molecule has 1 fully saturated rings. The number of carboxylic acid groups (broad SMARTS) is 1. The van der Waals surface area contributed by atoms with Crippen molar-refractivity contribution in [2.24, 2.45) is 0 Å². The predicted molar refractivity (Wildman–Crippen MR) is 110 cm³/mol. The second kappa shape index (κ2) is 8.95. The van der Waals surface area contributed by atoms with Crippen molar-refractivity contribution in [3.63, 3.8) is 0 Å². The number of hydrogen-bond acceptors (Lipinski definition) is 7. The molecule has 158 valence electrons. The van der Waals surface area contributed by atoms with Crippen LogP contribution in [0, 0.1) is 0 Å². The highest BCUT2D eigenvalue weighted by Crippen LogP contribution is 2.26. The van der Waals surface area contributed by atoms with Gasteiger partial charge in [-0.2, -0.15) is 5.10 Å². The number of aromatic nitrogens is 4. The first-order valence-electron chi connectivity index (χ1n) is 9.82. The van der Waals surface area contributed by atoms with Gasteiger partial charge in [0, 0.05) is 45.3 Å². The number of nitrogens with one attached hydrogen (secondary N) is 1. The molecule has 10 heteroatoms. The lowest BCUT2D eigenvalue weighted by Gasteiger charge is -2.29. The standard InChI is InChI=1S/C20H24N6O4/c1-29-11-8-21-14-2-4-15(5-3-14)26-18-17(12-24-26)19(23-13-22-18)30-16-6-9-25(10-7-16)20(27)28/h2-5,12-13,16,21H,6-11H2,1H3,(H,27,28). The van der Waals surface area contributed by atoms with Crippen molar-refractivity contribution in [1.29, 1.82) is 0 Å². The van der Waals surface area contributed by atoms with Crippen LogP contribution >= 0.6 is 0 Å². The van der Waals surface area contributed by atoms with Gasteiger partial charge in [0.25, 0.3) is 0 Å². The van der Waals surface area contributed by atoms with Crippen LogP contribution in [0.2, 0.25) is 0 Å². The Morgan fingerprint density at radius 3 is 2.70 bits per heavy atom. The van der Waals surface area contributed by atoms with E-state index in [1.807, 2.05) is 24.3 Å². The number of anilines is 1. The summed E-state index contributed by atoms with van der Waals surface area (Å²) in [7, 11) is 1.67. The quantitative estimate of drug-likeness (QED) is 0.569. The van der Waals surface area contributed by atoms with Gasteiger partial charge in [-0.15, -0.1) is 0 Å². The lowest BCUT2D eigenvalue weighted by atomic mass is 10.1. The average molecular weight is 412 g/mol. The largest absolute Gasteiger partial charge is 0.474 e. The molecule has 1 aliphatic heterocycles. The van der Waals surface area contributed by atoms with Crippen molar-refractivity contribution < 1.29 is 19.4 Å². The van der Waals surface area contributed by atoms with Gasteiger partial charge >= 0.3 is 6.09 Å².